The van der Waals surface area contributed by atoms with Crippen molar-refractivity contribution in [3.05, 3.63) is 11.7 Å². The summed E-state index contributed by atoms with van der Waals surface area (Å²) in [5.74, 6) is -0.825. The molecule has 0 bridgehead atoms. The number of hydrogen-bond acceptors (Lipinski definition) is 5. The maximum atomic E-state index is 10.8. The third-order valence-corrected chi connectivity index (χ3v) is 2.89. The minimum atomic E-state index is -0.873. The van der Waals surface area contributed by atoms with E-state index in [0.717, 1.165) is 0 Å². The van der Waals surface area contributed by atoms with Gasteiger partial charge < -0.3 is 14.4 Å². The van der Waals surface area contributed by atoms with E-state index in [0.29, 0.717) is 18.1 Å². The van der Waals surface area contributed by atoms with Gasteiger partial charge in [-0.05, 0) is 6.92 Å². The highest BCUT2D eigenvalue weighted by Crippen LogP contribution is 2.22. The molecule has 0 aliphatic heterocycles. The monoisotopic (exact) mass is 242 g/mol. The third kappa shape index (κ3) is 3.52. The smallest absolute Gasteiger partial charge is 0.307 e. The summed E-state index contributed by atoms with van der Waals surface area (Å²) >= 11 is 0. The van der Waals surface area contributed by atoms with Gasteiger partial charge in [0, 0.05) is 19.4 Å². The van der Waals surface area contributed by atoms with Crippen LogP contribution in [-0.2, 0) is 16.0 Å². The van der Waals surface area contributed by atoms with Crippen molar-refractivity contribution in [2.75, 3.05) is 7.11 Å². The zero-order valence-electron chi connectivity index (χ0n) is 10.5. The van der Waals surface area contributed by atoms with Crippen LogP contribution in [0.15, 0.2) is 4.52 Å². The molecule has 0 saturated heterocycles. The molecule has 1 N–H and O–H groups in total. The lowest BCUT2D eigenvalue weighted by Crippen LogP contribution is -2.17. The highest BCUT2D eigenvalue weighted by Gasteiger charge is 2.26. The average Bonchev–Trinajstić information content (AvgIpc) is 2.75. The molecule has 0 aliphatic rings. The Hall–Kier alpha value is -1.43. The first kappa shape index (κ1) is 13.6. The van der Waals surface area contributed by atoms with Crippen LogP contribution in [0, 0.1) is 5.92 Å². The van der Waals surface area contributed by atoms with Crippen LogP contribution in [0.25, 0.3) is 0 Å². The number of nitrogens with zero attached hydrogens (tertiary/aromatic N) is 2. The Morgan fingerprint density at radius 3 is 2.65 bits per heavy atom. The van der Waals surface area contributed by atoms with Gasteiger partial charge in [0.25, 0.3) is 0 Å². The number of methoxy groups -OCH3 is 1. The normalized spacial score (nSPS) is 16.5. The molecular weight excluding hydrogens is 224 g/mol. The second kappa shape index (κ2) is 5.77. The van der Waals surface area contributed by atoms with Crippen LogP contribution in [0.4, 0.5) is 0 Å². The number of hydrogen-bond donors (Lipinski definition) is 1. The van der Waals surface area contributed by atoms with Crippen LogP contribution in [0.3, 0.4) is 0 Å². The average molecular weight is 242 g/mol. The van der Waals surface area contributed by atoms with Crippen molar-refractivity contribution in [2.24, 2.45) is 5.92 Å². The SMILES string of the molecule is COC(C)Cc1noc(C(C)C(C)C(=O)O)n1. The molecular formula is C11H18N2O4. The Morgan fingerprint density at radius 2 is 2.12 bits per heavy atom. The molecule has 0 fully saturated rings. The summed E-state index contributed by atoms with van der Waals surface area (Å²) in [5.41, 5.74) is 0. The van der Waals surface area contributed by atoms with Crippen LogP contribution in [-0.4, -0.2) is 34.4 Å². The summed E-state index contributed by atoms with van der Waals surface area (Å²) in [6.45, 7) is 5.28. The van der Waals surface area contributed by atoms with Crippen LogP contribution < -0.4 is 0 Å². The molecule has 1 heterocycles. The lowest BCUT2D eigenvalue weighted by atomic mass is 9.96. The van der Waals surface area contributed by atoms with Crippen molar-refractivity contribution >= 4 is 5.97 Å². The van der Waals surface area contributed by atoms with Gasteiger partial charge in [-0.3, -0.25) is 4.79 Å². The lowest BCUT2D eigenvalue weighted by molar-refractivity contribution is -0.141. The Kier molecular flexibility index (Phi) is 4.62. The van der Waals surface area contributed by atoms with Gasteiger partial charge in [-0.2, -0.15) is 4.98 Å². The standard InChI is InChI=1S/C11H18N2O4/c1-6(16-4)5-9-12-10(17-13-9)7(2)8(3)11(14)15/h6-8H,5H2,1-4H3,(H,14,15). The van der Waals surface area contributed by atoms with Gasteiger partial charge in [0.15, 0.2) is 5.82 Å². The molecule has 0 spiro atoms. The van der Waals surface area contributed by atoms with Gasteiger partial charge in [-0.1, -0.05) is 19.0 Å². The van der Waals surface area contributed by atoms with Gasteiger partial charge in [-0.25, -0.2) is 0 Å². The number of carboxylic acids is 1. The fourth-order valence-electron chi connectivity index (χ4n) is 1.30. The fraction of sp³-hybridized carbons (Fsp3) is 0.727. The van der Waals surface area contributed by atoms with Crippen molar-refractivity contribution in [3.8, 4) is 0 Å². The number of aromatic nitrogens is 2. The highest BCUT2D eigenvalue weighted by atomic mass is 16.5. The minimum Gasteiger partial charge on any atom is -0.481 e. The lowest BCUT2D eigenvalue weighted by Gasteiger charge is -2.10. The van der Waals surface area contributed by atoms with E-state index in [1.54, 1.807) is 21.0 Å². The molecule has 6 heteroatoms. The maximum absolute atomic E-state index is 10.8. The molecule has 0 radical (unpaired) electrons. The molecule has 0 amide bonds. The second-order valence-electron chi connectivity index (χ2n) is 4.21. The number of carbonyl (C=O) groups is 1. The van der Waals surface area contributed by atoms with E-state index in [2.05, 4.69) is 10.1 Å². The topological polar surface area (TPSA) is 85.5 Å². The van der Waals surface area contributed by atoms with E-state index >= 15 is 0 Å². The first-order valence-corrected chi connectivity index (χ1v) is 5.53. The molecule has 96 valence electrons. The second-order valence-corrected chi connectivity index (χ2v) is 4.21. The predicted molar refractivity (Wildman–Crippen MR) is 59.7 cm³/mol. The Bertz CT molecular complexity index is 377. The number of carboxylic acid groups (broad SMARTS) is 1. The van der Waals surface area contributed by atoms with E-state index in [4.69, 9.17) is 14.4 Å². The third-order valence-electron chi connectivity index (χ3n) is 2.89. The zero-order chi connectivity index (χ0) is 13.0. The summed E-state index contributed by atoms with van der Waals surface area (Å²) in [4.78, 5) is 15.0. The number of ether oxygens (including phenoxy) is 1. The predicted octanol–water partition coefficient (Wildman–Crippen LogP) is 1.47. The van der Waals surface area contributed by atoms with Crippen molar-refractivity contribution in [2.45, 2.75) is 39.2 Å². The molecule has 1 aromatic heterocycles. The Balaban J connectivity index is 2.70. The summed E-state index contributed by atoms with van der Waals surface area (Å²) < 4.78 is 10.2. The van der Waals surface area contributed by atoms with Gasteiger partial charge in [0.1, 0.15) is 0 Å². The maximum Gasteiger partial charge on any atom is 0.307 e. The van der Waals surface area contributed by atoms with E-state index in [1.165, 1.54) is 0 Å². The summed E-state index contributed by atoms with van der Waals surface area (Å²) in [7, 11) is 1.61. The van der Waals surface area contributed by atoms with Crippen molar-refractivity contribution in [3.63, 3.8) is 0 Å². The fourth-order valence-corrected chi connectivity index (χ4v) is 1.30. The van der Waals surface area contributed by atoms with Gasteiger partial charge >= 0.3 is 5.97 Å². The van der Waals surface area contributed by atoms with Crippen LogP contribution >= 0.6 is 0 Å². The summed E-state index contributed by atoms with van der Waals surface area (Å²) in [5, 5.41) is 12.7. The van der Waals surface area contributed by atoms with Crippen molar-refractivity contribution in [1.29, 1.82) is 0 Å². The summed E-state index contributed by atoms with van der Waals surface area (Å²) in [6.07, 6.45) is 0.557. The molecule has 3 atom stereocenters. The zero-order valence-corrected chi connectivity index (χ0v) is 10.5. The minimum absolute atomic E-state index is 0.00709. The molecule has 3 unspecified atom stereocenters. The summed E-state index contributed by atoms with van der Waals surface area (Å²) in [6, 6.07) is 0. The molecule has 1 rings (SSSR count). The number of rotatable bonds is 6. The van der Waals surface area contributed by atoms with Gasteiger partial charge in [0.2, 0.25) is 5.89 Å². The van der Waals surface area contributed by atoms with E-state index in [1.807, 2.05) is 6.92 Å². The van der Waals surface area contributed by atoms with Crippen LogP contribution in [0.5, 0.6) is 0 Å². The molecule has 0 aromatic carbocycles. The Morgan fingerprint density at radius 1 is 1.47 bits per heavy atom. The quantitative estimate of drug-likeness (QED) is 0.813. The van der Waals surface area contributed by atoms with E-state index < -0.39 is 11.9 Å². The van der Waals surface area contributed by atoms with Gasteiger partial charge in [0.05, 0.1) is 12.0 Å². The number of aliphatic carboxylic acids is 1. The molecule has 6 nitrogen and oxygen atoms in total. The first-order valence-electron chi connectivity index (χ1n) is 5.53. The van der Waals surface area contributed by atoms with Crippen molar-refractivity contribution < 1.29 is 19.2 Å². The molecule has 17 heavy (non-hydrogen) atoms. The van der Waals surface area contributed by atoms with Crippen molar-refractivity contribution in [1.82, 2.24) is 10.1 Å². The molecule has 1 aromatic rings. The van der Waals surface area contributed by atoms with Crippen LogP contribution in [0.1, 0.15) is 38.4 Å². The van der Waals surface area contributed by atoms with E-state index in [9.17, 15) is 4.79 Å². The highest BCUT2D eigenvalue weighted by molar-refractivity contribution is 5.70. The molecule has 0 aliphatic carbocycles. The Labute approximate surface area is 100.0 Å². The largest absolute Gasteiger partial charge is 0.481 e. The molecule has 0 saturated carbocycles. The van der Waals surface area contributed by atoms with Gasteiger partial charge in [-0.15, -0.1) is 0 Å². The van der Waals surface area contributed by atoms with E-state index in [-0.39, 0.29) is 12.0 Å². The van der Waals surface area contributed by atoms with Crippen LogP contribution in [0.2, 0.25) is 0 Å². The first-order chi connectivity index (χ1) is 7.95.